The van der Waals surface area contributed by atoms with Gasteiger partial charge in [-0.3, -0.25) is 10.1 Å². The van der Waals surface area contributed by atoms with Gasteiger partial charge < -0.3 is 15.7 Å². The number of aliphatic hydroxyl groups is 1. The van der Waals surface area contributed by atoms with E-state index in [1.807, 2.05) is 0 Å². The van der Waals surface area contributed by atoms with Gasteiger partial charge in [0.05, 0.1) is 10.5 Å². The molecule has 20 heavy (non-hydrogen) atoms. The van der Waals surface area contributed by atoms with Crippen molar-refractivity contribution in [2.75, 3.05) is 24.2 Å². The van der Waals surface area contributed by atoms with E-state index in [2.05, 4.69) is 10.6 Å². The zero-order chi connectivity index (χ0) is 14.6. The highest BCUT2D eigenvalue weighted by molar-refractivity contribution is 5.76. The maximum Gasteiger partial charge on any atom is 0.315 e. The molecular weight excluding hydrogens is 258 g/mol. The molecule has 0 aromatic heterocycles. The molecule has 1 aromatic carbocycles. The van der Waals surface area contributed by atoms with Crippen molar-refractivity contribution in [2.45, 2.75) is 37.7 Å². The van der Waals surface area contributed by atoms with Gasteiger partial charge in [-0.25, -0.2) is 0 Å². The third-order valence-electron chi connectivity index (χ3n) is 3.88. The molecule has 0 aliphatic heterocycles. The Balaban J connectivity index is 2.14. The van der Waals surface area contributed by atoms with E-state index in [9.17, 15) is 15.2 Å². The third kappa shape index (κ3) is 3.19. The fourth-order valence-electron chi connectivity index (χ4n) is 2.73. The average molecular weight is 279 g/mol. The number of nitrogens with one attached hydrogen (secondary N) is 2. The van der Waals surface area contributed by atoms with Gasteiger partial charge in [0.25, 0.3) is 0 Å². The van der Waals surface area contributed by atoms with Crippen LogP contribution in [0.2, 0.25) is 0 Å². The Morgan fingerprint density at radius 1 is 1.30 bits per heavy atom. The highest BCUT2D eigenvalue weighted by atomic mass is 16.6. The van der Waals surface area contributed by atoms with Crippen LogP contribution in [-0.2, 0) is 0 Å². The molecule has 0 amide bonds. The highest BCUT2D eigenvalue weighted by Crippen LogP contribution is 2.34. The zero-order valence-electron chi connectivity index (χ0n) is 11.7. The van der Waals surface area contributed by atoms with Crippen LogP contribution in [0.3, 0.4) is 0 Å². The van der Waals surface area contributed by atoms with E-state index in [0.29, 0.717) is 17.9 Å². The maximum absolute atomic E-state index is 11.2. The van der Waals surface area contributed by atoms with Gasteiger partial charge in [-0.1, -0.05) is 25.3 Å². The number of para-hydroxylation sites is 1. The molecule has 1 saturated carbocycles. The first-order chi connectivity index (χ1) is 9.56. The number of benzene rings is 1. The molecule has 3 N–H and O–H groups in total. The second kappa shape index (κ2) is 6.09. The summed E-state index contributed by atoms with van der Waals surface area (Å²) in [5, 5.41) is 27.5. The van der Waals surface area contributed by atoms with E-state index < -0.39 is 10.5 Å². The monoisotopic (exact) mass is 279 g/mol. The van der Waals surface area contributed by atoms with Crippen LogP contribution in [-0.4, -0.2) is 29.2 Å². The van der Waals surface area contributed by atoms with Gasteiger partial charge >= 0.3 is 5.69 Å². The van der Waals surface area contributed by atoms with E-state index >= 15 is 0 Å². The van der Waals surface area contributed by atoms with Gasteiger partial charge in [-0.2, -0.15) is 0 Å². The summed E-state index contributed by atoms with van der Waals surface area (Å²) in [5.41, 5.74) is 0.188. The Morgan fingerprint density at radius 3 is 2.55 bits per heavy atom. The average Bonchev–Trinajstić information content (AvgIpc) is 2.45. The topological polar surface area (TPSA) is 87.4 Å². The molecule has 1 aliphatic carbocycles. The molecule has 6 nitrogen and oxygen atoms in total. The maximum atomic E-state index is 11.2. The minimum absolute atomic E-state index is 0.0226. The Kier molecular flexibility index (Phi) is 4.44. The number of nitrogens with zero attached hydrogens (tertiary/aromatic N) is 1. The van der Waals surface area contributed by atoms with Gasteiger partial charge in [-0.05, 0) is 25.0 Å². The molecule has 0 unspecified atom stereocenters. The van der Waals surface area contributed by atoms with E-state index in [1.165, 1.54) is 0 Å². The number of nitro groups is 1. The lowest BCUT2D eigenvalue weighted by atomic mass is 9.85. The first kappa shape index (κ1) is 14.6. The summed E-state index contributed by atoms with van der Waals surface area (Å²) in [7, 11) is 1.65. The molecular formula is C14H21N3O3. The summed E-state index contributed by atoms with van der Waals surface area (Å²) >= 11 is 0. The predicted molar refractivity (Wildman–Crippen MR) is 79.2 cm³/mol. The number of hydrogen-bond acceptors (Lipinski definition) is 5. The summed E-state index contributed by atoms with van der Waals surface area (Å²) in [6.45, 7) is 0.348. The van der Waals surface area contributed by atoms with Crippen molar-refractivity contribution in [3.05, 3.63) is 28.3 Å². The zero-order valence-corrected chi connectivity index (χ0v) is 11.7. The minimum atomic E-state index is -0.748. The van der Waals surface area contributed by atoms with Crippen LogP contribution in [0.1, 0.15) is 32.1 Å². The smallest absolute Gasteiger partial charge is 0.315 e. The highest BCUT2D eigenvalue weighted by Gasteiger charge is 2.30. The Morgan fingerprint density at radius 2 is 1.95 bits per heavy atom. The largest absolute Gasteiger partial charge is 0.388 e. The van der Waals surface area contributed by atoms with E-state index in [4.69, 9.17) is 0 Å². The van der Waals surface area contributed by atoms with E-state index in [0.717, 1.165) is 32.1 Å². The van der Waals surface area contributed by atoms with Crippen LogP contribution in [0.25, 0.3) is 0 Å². The number of rotatable bonds is 5. The molecule has 0 bridgehead atoms. The van der Waals surface area contributed by atoms with E-state index in [-0.39, 0.29) is 5.69 Å². The normalized spacial score (nSPS) is 17.5. The van der Waals surface area contributed by atoms with Crippen LogP contribution in [0.5, 0.6) is 0 Å². The fraction of sp³-hybridized carbons (Fsp3) is 0.571. The number of hydrogen-bond donors (Lipinski definition) is 3. The lowest BCUT2D eigenvalue weighted by Gasteiger charge is -2.32. The Hall–Kier alpha value is -1.82. The molecule has 110 valence electrons. The molecule has 0 heterocycles. The summed E-state index contributed by atoms with van der Waals surface area (Å²) in [6.07, 6.45) is 4.67. The fourth-order valence-corrected chi connectivity index (χ4v) is 2.73. The molecule has 0 atom stereocenters. The predicted octanol–water partition coefficient (Wildman–Crippen LogP) is 2.74. The van der Waals surface area contributed by atoms with Crippen molar-refractivity contribution in [3.8, 4) is 0 Å². The molecule has 6 heteroatoms. The van der Waals surface area contributed by atoms with Crippen LogP contribution >= 0.6 is 0 Å². The standard InChI is InChI=1S/C14H21N3O3/c1-15-11-6-5-7-12(13(11)17(19)20)16-10-14(18)8-3-2-4-9-14/h5-7,15-16,18H,2-4,8-10H2,1H3. The molecule has 0 radical (unpaired) electrons. The molecule has 1 aromatic rings. The van der Waals surface area contributed by atoms with Gasteiger partial charge in [0, 0.05) is 13.6 Å². The van der Waals surface area contributed by atoms with Crippen molar-refractivity contribution >= 4 is 17.1 Å². The van der Waals surface area contributed by atoms with Gasteiger partial charge in [0.2, 0.25) is 0 Å². The molecule has 0 saturated heterocycles. The van der Waals surface area contributed by atoms with Gasteiger partial charge in [0.1, 0.15) is 11.4 Å². The Labute approximate surface area is 118 Å². The van der Waals surface area contributed by atoms with Crippen LogP contribution in [0.15, 0.2) is 18.2 Å². The summed E-state index contributed by atoms with van der Waals surface area (Å²) in [6, 6.07) is 5.09. The number of nitro benzene ring substituents is 1. The van der Waals surface area contributed by atoms with Crippen LogP contribution in [0.4, 0.5) is 17.1 Å². The second-order valence-corrected chi connectivity index (χ2v) is 5.35. The molecule has 1 fully saturated rings. The summed E-state index contributed by atoms with van der Waals surface area (Å²) in [4.78, 5) is 10.8. The Bertz CT molecular complexity index is 485. The molecule has 2 rings (SSSR count). The van der Waals surface area contributed by atoms with Gasteiger partial charge in [-0.15, -0.1) is 0 Å². The van der Waals surface area contributed by atoms with Crippen LogP contribution in [0, 0.1) is 10.1 Å². The first-order valence-electron chi connectivity index (χ1n) is 6.97. The van der Waals surface area contributed by atoms with Gasteiger partial charge in [0.15, 0.2) is 0 Å². The first-order valence-corrected chi connectivity index (χ1v) is 6.97. The second-order valence-electron chi connectivity index (χ2n) is 5.35. The summed E-state index contributed by atoms with van der Waals surface area (Å²) in [5.74, 6) is 0. The number of anilines is 2. The molecule has 0 spiro atoms. The van der Waals surface area contributed by atoms with Crippen molar-refractivity contribution in [2.24, 2.45) is 0 Å². The van der Waals surface area contributed by atoms with Crippen LogP contribution < -0.4 is 10.6 Å². The summed E-state index contributed by atoms with van der Waals surface area (Å²) < 4.78 is 0. The molecule has 1 aliphatic rings. The van der Waals surface area contributed by atoms with Crippen molar-refractivity contribution in [1.29, 1.82) is 0 Å². The quantitative estimate of drug-likeness (QED) is 0.570. The SMILES string of the molecule is CNc1cccc(NCC2(O)CCCCC2)c1[N+](=O)[O-]. The van der Waals surface area contributed by atoms with Crippen molar-refractivity contribution < 1.29 is 10.0 Å². The minimum Gasteiger partial charge on any atom is -0.388 e. The van der Waals surface area contributed by atoms with Crippen molar-refractivity contribution in [1.82, 2.24) is 0 Å². The van der Waals surface area contributed by atoms with E-state index in [1.54, 1.807) is 25.2 Å². The lowest BCUT2D eigenvalue weighted by molar-refractivity contribution is -0.383. The lowest BCUT2D eigenvalue weighted by Crippen LogP contribution is -2.38. The third-order valence-corrected chi connectivity index (χ3v) is 3.88. The van der Waals surface area contributed by atoms with Crippen molar-refractivity contribution in [3.63, 3.8) is 0 Å².